The number of nitrogens with two attached hydrogens (primary N) is 1. The molecule has 1 saturated carbocycles. The van der Waals surface area contributed by atoms with Crippen LogP contribution < -0.4 is 11.1 Å². The number of nitrogens with one attached hydrogen (secondary N) is 1. The first-order valence-corrected chi connectivity index (χ1v) is 6.45. The number of hydrogen-bond donors (Lipinski definition) is 2. The first kappa shape index (κ1) is 11.0. The van der Waals surface area contributed by atoms with Crippen LogP contribution in [-0.4, -0.2) is 16.9 Å². The Morgan fingerprint density at radius 1 is 1.67 bits per heavy atom. The summed E-state index contributed by atoms with van der Waals surface area (Å²) in [6.07, 6.45) is 4.55. The Labute approximate surface area is 100 Å². The largest absolute Gasteiger partial charge is 0.327 e. The van der Waals surface area contributed by atoms with Crippen molar-refractivity contribution in [2.75, 3.05) is 5.32 Å². The van der Waals surface area contributed by atoms with E-state index in [1.165, 1.54) is 11.3 Å². The molecule has 2 unspecified atom stereocenters. The Hall–Kier alpha value is -0.460. The fraction of sp³-hybridized carbons (Fsp3) is 0.556. The van der Waals surface area contributed by atoms with Crippen molar-refractivity contribution < 1.29 is 4.79 Å². The van der Waals surface area contributed by atoms with E-state index in [0.717, 1.165) is 23.0 Å². The van der Waals surface area contributed by atoms with Gasteiger partial charge in [0.1, 0.15) is 0 Å². The molecular formula is C9H12BrN3OS. The minimum atomic E-state index is -0.0484. The highest BCUT2D eigenvalue weighted by atomic mass is 79.9. The van der Waals surface area contributed by atoms with Gasteiger partial charge in [-0.25, -0.2) is 4.98 Å². The third-order valence-corrected chi connectivity index (χ3v) is 4.01. The molecule has 1 aromatic rings. The van der Waals surface area contributed by atoms with Crippen molar-refractivity contribution >= 4 is 38.3 Å². The van der Waals surface area contributed by atoms with Crippen molar-refractivity contribution in [3.63, 3.8) is 0 Å². The number of rotatable bonds is 2. The molecule has 4 nitrogen and oxygen atoms in total. The minimum absolute atomic E-state index is 0.00171. The Morgan fingerprint density at radius 2 is 2.47 bits per heavy atom. The van der Waals surface area contributed by atoms with Gasteiger partial charge in [0.15, 0.2) is 5.13 Å². The van der Waals surface area contributed by atoms with Crippen LogP contribution in [0.15, 0.2) is 9.98 Å². The van der Waals surface area contributed by atoms with Crippen molar-refractivity contribution in [2.24, 2.45) is 11.7 Å². The number of aromatic nitrogens is 1. The summed E-state index contributed by atoms with van der Waals surface area (Å²) in [6.45, 7) is 0. The van der Waals surface area contributed by atoms with Gasteiger partial charge >= 0.3 is 0 Å². The van der Waals surface area contributed by atoms with Gasteiger partial charge in [0.2, 0.25) is 5.91 Å². The molecule has 0 bridgehead atoms. The molecule has 1 fully saturated rings. The average Bonchev–Trinajstić information content (AvgIpc) is 2.75. The highest BCUT2D eigenvalue weighted by Gasteiger charge is 2.30. The van der Waals surface area contributed by atoms with E-state index in [9.17, 15) is 4.79 Å². The van der Waals surface area contributed by atoms with E-state index >= 15 is 0 Å². The standard InChI is InChI=1S/C9H12BrN3OS/c10-7-4-12-9(15-7)13-8(14)5-2-1-3-6(5)11/h4-6H,1-3,11H2,(H,12,13,14). The van der Waals surface area contributed by atoms with E-state index in [-0.39, 0.29) is 17.9 Å². The molecule has 0 radical (unpaired) electrons. The first-order valence-electron chi connectivity index (χ1n) is 4.84. The zero-order valence-corrected chi connectivity index (χ0v) is 10.5. The van der Waals surface area contributed by atoms with Gasteiger partial charge in [0.05, 0.1) is 15.9 Å². The maximum atomic E-state index is 11.8. The Bertz CT molecular complexity index is 368. The zero-order valence-electron chi connectivity index (χ0n) is 8.07. The van der Waals surface area contributed by atoms with Crippen molar-refractivity contribution in [1.29, 1.82) is 0 Å². The maximum Gasteiger partial charge on any atom is 0.230 e. The second kappa shape index (κ2) is 4.59. The third-order valence-electron chi connectivity index (χ3n) is 2.61. The summed E-state index contributed by atoms with van der Waals surface area (Å²) in [7, 11) is 0. The molecule has 2 atom stereocenters. The van der Waals surface area contributed by atoms with Crippen molar-refractivity contribution in [1.82, 2.24) is 4.98 Å². The Balaban J connectivity index is 1.97. The first-order chi connectivity index (χ1) is 7.16. The zero-order chi connectivity index (χ0) is 10.8. The molecule has 1 aromatic heterocycles. The highest BCUT2D eigenvalue weighted by Crippen LogP contribution is 2.27. The van der Waals surface area contributed by atoms with Gasteiger partial charge in [0, 0.05) is 6.04 Å². The van der Waals surface area contributed by atoms with E-state index in [2.05, 4.69) is 26.2 Å². The molecule has 2 rings (SSSR count). The molecule has 6 heteroatoms. The van der Waals surface area contributed by atoms with Gasteiger partial charge in [-0.15, -0.1) is 0 Å². The van der Waals surface area contributed by atoms with E-state index in [0.29, 0.717) is 5.13 Å². The molecule has 3 N–H and O–H groups in total. The molecule has 0 aromatic carbocycles. The van der Waals surface area contributed by atoms with Gasteiger partial charge in [-0.3, -0.25) is 4.79 Å². The number of carbonyl (C=O) groups is 1. The lowest BCUT2D eigenvalue weighted by Gasteiger charge is -2.13. The number of thiazole rings is 1. The van der Waals surface area contributed by atoms with Crippen molar-refractivity contribution in [3.05, 3.63) is 9.98 Å². The summed E-state index contributed by atoms with van der Waals surface area (Å²) in [6, 6.07) is 0.00778. The number of carbonyl (C=O) groups excluding carboxylic acids is 1. The fourth-order valence-corrected chi connectivity index (χ4v) is 2.93. The molecule has 1 aliphatic rings. The summed E-state index contributed by atoms with van der Waals surface area (Å²) in [5, 5.41) is 3.42. The van der Waals surface area contributed by atoms with Gasteiger partial charge in [-0.05, 0) is 28.8 Å². The molecule has 0 aliphatic heterocycles. The van der Waals surface area contributed by atoms with Crippen LogP contribution in [0, 0.1) is 5.92 Å². The smallest absolute Gasteiger partial charge is 0.230 e. The van der Waals surface area contributed by atoms with E-state index in [4.69, 9.17) is 5.73 Å². The van der Waals surface area contributed by atoms with Crippen LogP contribution in [0.3, 0.4) is 0 Å². The lowest BCUT2D eigenvalue weighted by molar-refractivity contribution is -0.120. The maximum absolute atomic E-state index is 11.8. The molecular weight excluding hydrogens is 278 g/mol. The monoisotopic (exact) mass is 289 g/mol. The minimum Gasteiger partial charge on any atom is -0.327 e. The van der Waals surface area contributed by atoms with Crippen LogP contribution in [0.2, 0.25) is 0 Å². The lowest BCUT2D eigenvalue weighted by atomic mass is 10.0. The summed E-state index contributed by atoms with van der Waals surface area (Å²) >= 11 is 4.71. The summed E-state index contributed by atoms with van der Waals surface area (Å²) < 4.78 is 0.911. The fourth-order valence-electron chi connectivity index (χ4n) is 1.82. The number of amides is 1. The molecule has 1 aliphatic carbocycles. The summed E-state index contributed by atoms with van der Waals surface area (Å²) in [4.78, 5) is 15.8. The van der Waals surface area contributed by atoms with Crippen LogP contribution in [0.25, 0.3) is 0 Å². The van der Waals surface area contributed by atoms with Crippen LogP contribution in [0.1, 0.15) is 19.3 Å². The SMILES string of the molecule is NC1CCCC1C(=O)Nc1ncc(Br)s1. The average molecular weight is 290 g/mol. The summed E-state index contributed by atoms with van der Waals surface area (Å²) in [5.74, 6) is -0.0467. The second-order valence-electron chi connectivity index (χ2n) is 3.66. The van der Waals surface area contributed by atoms with Gasteiger partial charge < -0.3 is 11.1 Å². The lowest BCUT2D eigenvalue weighted by Crippen LogP contribution is -2.34. The number of halogens is 1. The van der Waals surface area contributed by atoms with Crippen LogP contribution in [0.4, 0.5) is 5.13 Å². The van der Waals surface area contributed by atoms with Crippen LogP contribution in [-0.2, 0) is 4.79 Å². The molecule has 0 spiro atoms. The third kappa shape index (κ3) is 2.56. The normalized spacial score (nSPS) is 25.5. The Kier molecular flexibility index (Phi) is 3.38. The molecule has 15 heavy (non-hydrogen) atoms. The molecule has 82 valence electrons. The van der Waals surface area contributed by atoms with Crippen LogP contribution >= 0.6 is 27.3 Å². The van der Waals surface area contributed by atoms with E-state index < -0.39 is 0 Å². The topological polar surface area (TPSA) is 68.0 Å². The predicted octanol–water partition coefficient (Wildman–Crippen LogP) is 1.97. The van der Waals surface area contributed by atoms with Crippen LogP contribution in [0.5, 0.6) is 0 Å². The van der Waals surface area contributed by atoms with Crippen molar-refractivity contribution in [2.45, 2.75) is 25.3 Å². The van der Waals surface area contributed by atoms with Gasteiger partial charge in [-0.2, -0.15) is 0 Å². The van der Waals surface area contributed by atoms with Gasteiger partial charge in [-0.1, -0.05) is 17.8 Å². The highest BCUT2D eigenvalue weighted by molar-refractivity contribution is 9.11. The van der Waals surface area contributed by atoms with Crippen molar-refractivity contribution in [3.8, 4) is 0 Å². The number of anilines is 1. The second-order valence-corrected chi connectivity index (χ2v) is 6.07. The quantitative estimate of drug-likeness (QED) is 0.875. The number of nitrogens with zero attached hydrogens (tertiary/aromatic N) is 1. The molecule has 1 amide bonds. The molecule has 1 heterocycles. The predicted molar refractivity (Wildman–Crippen MR) is 63.8 cm³/mol. The molecule has 0 saturated heterocycles. The van der Waals surface area contributed by atoms with E-state index in [1.54, 1.807) is 6.20 Å². The Morgan fingerprint density at radius 3 is 3.00 bits per heavy atom. The van der Waals surface area contributed by atoms with E-state index in [1.807, 2.05) is 0 Å². The number of hydrogen-bond acceptors (Lipinski definition) is 4. The summed E-state index contributed by atoms with van der Waals surface area (Å²) in [5.41, 5.74) is 5.85. The van der Waals surface area contributed by atoms with Gasteiger partial charge in [0.25, 0.3) is 0 Å².